The van der Waals surface area contributed by atoms with Crippen molar-refractivity contribution in [2.75, 3.05) is 26.3 Å². The number of hydrogen-bond acceptors (Lipinski definition) is 3. The van der Waals surface area contributed by atoms with Crippen LogP contribution in [0.2, 0.25) is 0 Å². The second-order valence-electron chi connectivity index (χ2n) is 7.78. The Kier molecular flexibility index (Phi) is 5.49. The average molecular weight is 352 g/mol. The van der Waals surface area contributed by atoms with Gasteiger partial charge in [0.15, 0.2) is 0 Å². The summed E-state index contributed by atoms with van der Waals surface area (Å²) in [5.41, 5.74) is 2.47. The summed E-state index contributed by atoms with van der Waals surface area (Å²) < 4.78 is 5.40. The van der Waals surface area contributed by atoms with E-state index in [2.05, 4.69) is 34.1 Å². The van der Waals surface area contributed by atoms with Crippen molar-refractivity contribution in [3.8, 4) is 0 Å². The lowest BCUT2D eigenvalue weighted by molar-refractivity contribution is -0.134. The summed E-state index contributed by atoms with van der Waals surface area (Å²) in [7, 11) is 0. The zero-order chi connectivity index (χ0) is 17.8. The fourth-order valence-corrected chi connectivity index (χ4v) is 4.36. The largest absolute Gasteiger partial charge is 0.381 e. The van der Waals surface area contributed by atoms with Crippen molar-refractivity contribution >= 4 is 16.8 Å². The average Bonchev–Trinajstić information content (AvgIpc) is 2.70. The molecule has 2 saturated heterocycles. The van der Waals surface area contributed by atoms with E-state index in [1.54, 1.807) is 0 Å². The highest BCUT2D eigenvalue weighted by atomic mass is 16.5. The lowest BCUT2D eigenvalue weighted by atomic mass is 9.88. The van der Waals surface area contributed by atoms with E-state index in [9.17, 15) is 4.79 Å². The Morgan fingerprint density at radius 2 is 1.81 bits per heavy atom. The molecular formula is C22H28N2O2. The van der Waals surface area contributed by atoms with E-state index in [1.807, 2.05) is 12.3 Å². The Bertz CT molecular complexity index is 741. The second-order valence-corrected chi connectivity index (χ2v) is 7.78. The molecule has 0 atom stereocenters. The molecule has 4 rings (SSSR count). The number of nitrogens with zero attached hydrogens (tertiary/aromatic N) is 2. The van der Waals surface area contributed by atoms with Crippen molar-refractivity contribution in [2.24, 2.45) is 11.8 Å². The zero-order valence-electron chi connectivity index (χ0n) is 15.4. The SMILES string of the molecule is O=C(CC1CCOCC1)N1CCC(Cc2ccnc3ccccc23)CC1. The maximum Gasteiger partial charge on any atom is 0.222 e. The summed E-state index contributed by atoms with van der Waals surface area (Å²) in [5.74, 6) is 1.54. The maximum absolute atomic E-state index is 12.6. The van der Waals surface area contributed by atoms with Gasteiger partial charge >= 0.3 is 0 Å². The molecule has 2 aliphatic rings. The molecule has 1 aromatic heterocycles. The molecule has 26 heavy (non-hydrogen) atoms. The van der Waals surface area contributed by atoms with Crippen LogP contribution in [-0.4, -0.2) is 42.1 Å². The highest BCUT2D eigenvalue weighted by molar-refractivity contribution is 5.81. The number of benzene rings is 1. The van der Waals surface area contributed by atoms with E-state index < -0.39 is 0 Å². The molecule has 0 N–H and O–H groups in total. The van der Waals surface area contributed by atoms with Gasteiger partial charge in [-0.3, -0.25) is 9.78 Å². The van der Waals surface area contributed by atoms with Gasteiger partial charge in [-0.05, 0) is 61.6 Å². The van der Waals surface area contributed by atoms with Crippen LogP contribution in [0.15, 0.2) is 36.5 Å². The predicted octanol–water partition coefficient (Wildman–Crippen LogP) is 3.83. The molecule has 4 heteroatoms. The topological polar surface area (TPSA) is 42.4 Å². The first kappa shape index (κ1) is 17.5. The number of ether oxygens (including phenoxy) is 1. The van der Waals surface area contributed by atoms with E-state index in [0.29, 0.717) is 24.2 Å². The number of piperidine rings is 1. The third kappa shape index (κ3) is 4.07. The summed E-state index contributed by atoms with van der Waals surface area (Å²) >= 11 is 0. The smallest absolute Gasteiger partial charge is 0.222 e. The lowest BCUT2D eigenvalue weighted by Crippen LogP contribution is -2.40. The number of aromatic nitrogens is 1. The molecule has 0 radical (unpaired) electrons. The van der Waals surface area contributed by atoms with Crippen LogP contribution in [0.1, 0.15) is 37.7 Å². The summed E-state index contributed by atoms with van der Waals surface area (Å²) in [4.78, 5) is 19.1. The molecule has 4 nitrogen and oxygen atoms in total. The van der Waals surface area contributed by atoms with Gasteiger partial charge in [0.25, 0.3) is 0 Å². The molecule has 1 aromatic carbocycles. The monoisotopic (exact) mass is 352 g/mol. The quantitative estimate of drug-likeness (QED) is 0.840. The van der Waals surface area contributed by atoms with E-state index >= 15 is 0 Å². The highest BCUT2D eigenvalue weighted by Gasteiger charge is 2.26. The highest BCUT2D eigenvalue weighted by Crippen LogP contribution is 2.27. The van der Waals surface area contributed by atoms with Crippen molar-refractivity contribution in [3.63, 3.8) is 0 Å². The zero-order valence-corrected chi connectivity index (χ0v) is 15.4. The normalized spacial score (nSPS) is 19.8. The van der Waals surface area contributed by atoms with Crippen molar-refractivity contribution in [1.29, 1.82) is 0 Å². The van der Waals surface area contributed by atoms with E-state index in [-0.39, 0.29) is 0 Å². The van der Waals surface area contributed by atoms with Crippen LogP contribution in [0.3, 0.4) is 0 Å². The van der Waals surface area contributed by atoms with E-state index in [4.69, 9.17) is 4.74 Å². The van der Waals surface area contributed by atoms with Crippen LogP contribution in [0.25, 0.3) is 10.9 Å². The van der Waals surface area contributed by atoms with Gasteiger partial charge in [-0.1, -0.05) is 18.2 Å². The Hall–Kier alpha value is -1.94. The van der Waals surface area contributed by atoms with Crippen LogP contribution in [0.5, 0.6) is 0 Å². The summed E-state index contributed by atoms with van der Waals surface area (Å²) in [6.45, 7) is 3.46. The van der Waals surface area contributed by atoms with Gasteiger partial charge in [0.1, 0.15) is 0 Å². The number of rotatable bonds is 4. The number of carbonyl (C=O) groups is 1. The van der Waals surface area contributed by atoms with Crippen molar-refractivity contribution in [1.82, 2.24) is 9.88 Å². The number of fused-ring (bicyclic) bond motifs is 1. The molecule has 0 saturated carbocycles. The minimum absolute atomic E-state index is 0.352. The summed E-state index contributed by atoms with van der Waals surface area (Å²) in [6, 6.07) is 10.5. The third-order valence-corrected chi connectivity index (χ3v) is 6.02. The van der Waals surface area contributed by atoms with Crippen LogP contribution >= 0.6 is 0 Å². The van der Waals surface area contributed by atoms with Gasteiger partial charge in [0, 0.05) is 44.3 Å². The Morgan fingerprint density at radius 3 is 2.62 bits per heavy atom. The van der Waals surface area contributed by atoms with Crippen LogP contribution in [0, 0.1) is 11.8 Å². The molecule has 0 unspecified atom stereocenters. The van der Waals surface area contributed by atoms with E-state index in [1.165, 1.54) is 10.9 Å². The predicted molar refractivity (Wildman–Crippen MR) is 103 cm³/mol. The van der Waals surface area contributed by atoms with Gasteiger partial charge < -0.3 is 9.64 Å². The summed E-state index contributed by atoms with van der Waals surface area (Å²) in [5, 5.41) is 1.27. The number of para-hydroxylation sites is 1. The standard InChI is InChI=1S/C22H28N2O2/c25-22(16-18-8-13-26-14-9-18)24-11-6-17(7-12-24)15-19-5-10-23-21-4-2-1-3-20(19)21/h1-5,10,17-18H,6-9,11-16H2. The fraction of sp³-hybridized carbons (Fsp3) is 0.545. The molecule has 2 aromatic rings. The molecule has 2 fully saturated rings. The van der Waals surface area contributed by atoms with Crippen LogP contribution in [-0.2, 0) is 16.0 Å². The molecule has 2 aliphatic heterocycles. The number of amides is 1. The van der Waals surface area contributed by atoms with Crippen LogP contribution in [0.4, 0.5) is 0 Å². The molecular weight excluding hydrogens is 324 g/mol. The Labute approximate surface area is 155 Å². The lowest BCUT2D eigenvalue weighted by Gasteiger charge is -2.33. The first-order valence-electron chi connectivity index (χ1n) is 9.98. The van der Waals surface area contributed by atoms with Gasteiger partial charge in [0.2, 0.25) is 5.91 Å². The molecule has 3 heterocycles. The van der Waals surface area contributed by atoms with Gasteiger partial charge in [0.05, 0.1) is 5.52 Å². The number of hydrogen-bond donors (Lipinski definition) is 0. The molecule has 138 valence electrons. The molecule has 0 spiro atoms. The molecule has 0 bridgehead atoms. The van der Waals surface area contributed by atoms with Crippen LogP contribution < -0.4 is 0 Å². The van der Waals surface area contributed by atoms with Crippen molar-refractivity contribution in [3.05, 3.63) is 42.1 Å². The maximum atomic E-state index is 12.6. The number of carbonyl (C=O) groups excluding carboxylic acids is 1. The number of likely N-dealkylation sites (tertiary alicyclic amines) is 1. The van der Waals surface area contributed by atoms with E-state index in [0.717, 1.165) is 63.9 Å². The minimum Gasteiger partial charge on any atom is -0.381 e. The molecule has 0 aliphatic carbocycles. The fourth-order valence-electron chi connectivity index (χ4n) is 4.36. The minimum atomic E-state index is 0.352. The van der Waals surface area contributed by atoms with Gasteiger partial charge in [-0.15, -0.1) is 0 Å². The third-order valence-electron chi connectivity index (χ3n) is 6.02. The summed E-state index contributed by atoms with van der Waals surface area (Å²) in [6.07, 6.45) is 8.01. The van der Waals surface area contributed by atoms with Crippen molar-refractivity contribution in [2.45, 2.75) is 38.5 Å². The van der Waals surface area contributed by atoms with Crippen molar-refractivity contribution < 1.29 is 9.53 Å². The number of pyridine rings is 1. The van der Waals surface area contributed by atoms with Gasteiger partial charge in [-0.25, -0.2) is 0 Å². The van der Waals surface area contributed by atoms with Gasteiger partial charge in [-0.2, -0.15) is 0 Å². The first-order valence-corrected chi connectivity index (χ1v) is 9.98. The Balaban J connectivity index is 1.31. The Morgan fingerprint density at radius 1 is 1.04 bits per heavy atom. The first-order chi connectivity index (χ1) is 12.8. The second kappa shape index (κ2) is 8.17. The molecule has 1 amide bonds.